The lowest BCUT2D eigenvalue weighted by Crippen LogP contribution is -1.94. The van der Waals surface area contributed by atoms with E-state index in [0.717, 1.165) is 30.4 Å². The van der Waals surface area contributed by atoms with Gasteiger partial charge in [0.05, 0.1) is 15.9 Å². The smallest absolute Gasteiger partial charge is 0.165 e. The summed E-state index contributed by atoms with van der Waals surface area (Å²) in [6.07, 6.45) is 7.20. The van der Waals surface area contributed by atoms with Crippen molar-refractivity contribution in [1.82, 2.24) is 9.97 Å². The lowest BCUT2D eigenvalue weighted by atomic mass is 10.0. The largest absolute Gasteiger partial charge is 0.236 e. The van der Waals surface area contributed by atoms with Gasteiger partial charge in [-0.3, -0.25) is 0 Å². The summed E-state index contributed by atoms with van der Waals surface area (Å²) in [6.45, 7) is 0. The van der Waals surface area contributed by atoms with Gasteiger partial charge in [-0.25, -0.2) is 18.7 Å². The maximum absolute atomic E-state index is 14.4. The standard InChI is InChI=1S/C32H22F2N4S2/c33-29-15-31(37-19-39)35-17-26(29)12-6-22-3-1-21(2-4-22)5-11-25-14-27(25)13-23-7-9-24(10-8-23)28-18-36-32(38-20-40)16-30(28)34/h1-4,7-10,15-18,25,27H,5,11,13-14H2. The first-order chi connectivity index (χ1) is 19.5. The third kappa shape index (κ3) is 7.04. The van der Waals surface area contributed by atoms with E-state index >= 15 is 0 Å². The van der Waals surface area contributed by atoms with Crippen LogP contribution in [-0.2, 0) is 12.8 Å². The number of aryl methyl sites for hydroxylation is 1. The number of aromatic nitrogens is 2. The van der Waals surface area contributed by atoms with Gasteiger partial charge in [-0.2, -0.15) is 9.98 Å². The van der Waals surface area contributed by atoms with Gasteiger partial charge >= 0.3 is 0 Å². The van der Waals surface area contributed by atoms with E-state index in [-0.39, 0.29) is 23.0 Å². The zero-order chi connectivity index (χ0) is 27.9. The molecule has 0 saturated heterocycles. The van der Waals surface area contributed by atoms with Crippen LogP contribution < -0.4 is 0 Å². The minimum Gasteiger partial charge on any atom is -0.236 e. The molecule has 1 saturated carbocycles. The van der Waals surface area contributed by atoms with E-state index in [0.29, 0.717) is 17.4 Å². The number of thiocarbonyl (C=S) groups is 2. The zero-order valence-corrected chi connectivity index (χ0v) is 22.9. The van der Waals surface area contributed by atoms with Gasteiger partial charge in [-0.05, 0) is 90.8 Å². The molecule has 1 aliphatic rings. The first-order valence-electron chi connectivity index (χ1n) is 12.7. The molecule has 0 bridgehead atoms. The molecule has 2 aromatic heterocycles. The van der Waals surface area contributed by atoms with Crippen molar-refractivity contribution >= 4 is 46.4 Å². The van der Waals surface area contributed by atoms with Crippen LogP contribution in [0.1, 0.15) is 35.1 Å². The molecular weight excluding hydrogens is 543 g/mol. The first-order valence-corrected chi connectivity index (χ1v) is 13.5. The van der Waals surface area contributed by atoms with Gasteiger partial charge in [0.2, 0.25) is 0 Å². The van der Waals surface area contributed by atoms with Crippen LogP contribution in [0.25, 0.3) is 11.1 Å². The molecule has 0 N–H and O–H groups in total. The van der Waals surface area contributed by atoms with E-state index in [4.69, 9.17) is 0 Å². The van der Waals surface area contributed by atoms with Crippen molar-refractivity contribution in [1.29, 1.82) is 0 Å². The van der Waals surface area contributed by atoms with Crippen LogP contribution in [0.5, 0.6) is 0 Å². The Morgan fingerprint density at radius 2 is 1.43 bits per heavy atom. The molecule has 4 nitrogen and oxygen atoms in total. The Morgan fingerprint density at radius 3 is 2.08 bits per heavy atom. The van der Waals surface area contributed by atoms with Crippen molar-refractivity contribution in [2.45, 2.75) is 25.7 Å². The van der Waals surface area contributed by atoms with Crippen LogP contribution in [0.4, 0.5) is 20.4 Å². The molecule has 40 heavy (non-hydrogen) atoms. The SMILES string of the molecule is Fc1cc(N=C=S)ncc1C#Cc1ccc(CCC2CC2Cc2ccc(-c3cnc(N=C=S)cc3F)cc2)cc1. The number of rotatable bonds is 8. The van der Waals surface area contributed by atoms with Crippen LogP contribution in [0, 0.1) is 35.3 Å². The molecule has 2 unspecified atom stereocenters. The van der Waals surface area contributed by atoms with Crippen LogP contribution in [0.3, 0.4) is 0 Å². The van der Waals surface area contributed by atoms with Crippen molar-refractivity contribution in [3.63, 3.8) is 0 Å². The van der Waals surface area contributed by atoms with E-state index in [9.17, 15) is 8.78 Å². The number of hydrogen-bond donors (Lipinski definition) is 0. The molecular formula is C32H22F2N4S2. The minimum absolute atomic E-state index is 0.171. The zero-order valence-electron chi connectivity index (χ0n) is 21.3. The highest BCUT2D eigenvalue weighted by atomic mass is 32.1. The number of nitrogens with zero attached hydrogens (tertiary/aromatic N) is 4. The molecule has 196 valence electrons. The summed E-state index contributed by atoms with van der Waals surface area (Å²) in [7, 11) is 0. The molecule has 8 heteroatoms. The van der Waals surface area contributed by atoms with E-state index in [1.165, 1.54) is 42.1 Å². The predicted octanol–water partition coefficient (Wildman–Crippen LogP) is 8.10. The summed E-state index contributed by atoms with van der Waals surface area (Å²) in [6, 6.07) is 18.5. The third-order valence-corrected chi connectivity index (χ3v) is 7.11. The summed E-state index contributed by atoms with van der Waals surface area (Å²) in [5.74, 6) is 6.69. The first kappa shape index (κ1) is 27.3. The van der Waals surface area contributed by atoms with Crippen LogP contribution in [0.15, 0.2) is 83.0 Å². The van der Waals surface area contributed by atoms with Crippen molar-refractivity contribution in [2.24, 2.45) is 21.8 Å². The molecule has 0 radical (unpaired) electrons. The Bertz CT molecular complexity index is 1700. The fourth-order valence-electron chi connectivity index (χ4n) is 4.64. The Hall–Kier alpha value is -4.24. The monoisotopic (exact) mass is 564 g/mol. The molecule has 2 heterocycles. The van der Waals surface area contributed by atoms with Gasteiger partial charge in [0.15, 0.2) is 11.6 Å². The second-order valence-corrected chi connectivity index (χ2v) is 9.96. The highest BCUT2D eigenvalue weighted by molar-refractivity contribution is 7.78. The van der Waals surface area contributed by atoms with Gasteiger partial charge in [0.25, 0.3) is 0 Å². The molecule has 0 spiro atoms. The number of hydrogen-bond acceptors (Lipinski definition) is 6. The van der Waals surface area contributed by atoms with Crippen molar-refractivity contribution in [3.05, 3.63) is 107 Å². The van der Waals surface area contributed by atoms with Crippen molar-refractivity contribution < 1.29 is 8.78 Å². The summed E-state index contributed by atoms with van der Waals surface area (Å²) in [4.78, 5) is 15.5. The second-order valence-electron chi connectivity index (χ2n) is 9.59. The maximum atomic E-state index is 14.4. The van der Waals surface area contributed by atoms with Crippen LogP contribution in [0.2, 0.25) is 0 Å². The third-order valence-electron chi connectivity index (χ3n) is 6.93. The van der Waals surface area contributed by atoms with Gasteiger partial charge in [0.1, 0.15) is 11.6 Å². The summed E-state index contributed by atoms with van der Waals surface area (Å²) in [5, 5.41) is 4.36. The Morgan fingerprint density at radius 1 is 0.775 bits per heavy atom. The average molecular weight is 565 g/mol. The number of aliphatic imine (C=N–C) groups is 2. The van der Waals surface area contributed by atoms with Crippen molar-refractivity contribution in [2.75, 3.05) is 0 Å². The van der Waals surface area contributed by atoms with Gasteiger partial charge in [-0.15, -0.1) is 0 Å². The van der Waals surface area contributed by atoms with E-state index < -0.39 is 5.82 Å². The molecule has 1 fully saturated rings. The molecule has 5 rings (SSSR count). The normalized spacial score (nSPS) is 15.2. The van der Waals surface area contributed by atoms with Crippen LogP contribution >= 0.6 is 24.4 Å². The van der Waals surface area contributed by atoms with E-state index in [1.807, 2.05) is 24.3 Å². The minimum atomic E-state index is -0.493. The van der Waals surface area contributed by atoms with E-state index in [1.54, 1.807) is 0 Å². The fourth-order valence-corrected chi connectivity index (χ4v) is 4.83. The number of halogens is 2. The molecule has 2 atom stereocenters. The number of isothiocyanates is 2. The summed E-state index contributed by atoms with van der Waals surface area (Å²) >= 11 is 9.06. The quantitative estimate of drug-likeness (QED) is 0.123. The lowest BCUT2D eigenvalue weighted by molar-refractivity contribution is 0.622. The topological polar surface area (TPSA) is 50.5 Å². The molecule has 1 aliphatic carbocycles. The highest BCUT2D eigenvalue weighted by Crippen LogP contribution is 2.44. The molecule has 4 aromatic rings. The number of benzene rings is 2. The fraction of sp³-hybridized carbons (Fsp3) is 0.188. The Labute approximate surface area is 242 Å². The predicted molar refractivity (Wildman–Crippen MR) is 159 cm³/mol. The van der Waals surface area contributed by atoms with Crippen LogP contribution in [-0.4, -0.2) is 20.3 Å². The van der Waals surface area contributed by atoms with Gasteiger partial charge in [-0.1, -0.05) is 48.2 Å². The molecule has 0 aliphatic heterocycles. The van der Waals surface area contributed by atoms with Gasteiger partial charge < -0.3 is 0 Å². The number of pyridine rings is 2. The highest BCUT2D eigenvalue weighted by Gasteiger charge is 2.36. The maximum Gasteiger partial charge on any atom is 0.165 e. The Kier molecular flexibility index (Phi) is 8.71. The summed E-state index contributed by atoms with van der Waals surface area (Å²) in [5.41, 5.74) is 4.75. The Balaban J connectivity index is 1.10. The molecule has 0 amide bonds. The van der Waals surface area contributed by atoms with E-state index in [2.05, 4.69) is 90.8 Å². The summed E-state index contributed by atoms with van der Waals surface area (Å²) < 4.78 is 28.6. The van der Waals surface area contributed by atoms with Crippen molar-refractivity contribution in [3.8, 4) is 23.0 Å². The lowest BCUT2D eigenvalue weighted by Gasteiger charge is -2.06. The average Bonchev–Trinajstić information content (AvgIpc) is 3.70. The van der Waals surface area contributed by atoms with Gasteiger partial charge in [0, 0.05) is 35.7 Å². The second kappa shape index (κ2) is 12.7. The molecule has 2 aromatic carbocycles.